The average Bonchev–Trinajstić information content (AvgIpc) is 2.87. The van der Waals surface area contributed by atoms with Gasteiger partial charge in [0.2, 0.25) is 0 Å². The fraction of sp³-hybridized carbons (Fsp3) is 0.360. The number of alkyl halides is 12. The van der Waals surface area contributed by atoms with Gasteiger partial charge in [0.15, 0.2) is 28.7 Å². The zero-order valence-electron chi connectivity index (χ0n) is 22.5. The number of anilines is 1. The molecule has 3 aromatic rings. The number of benzene rings is 1. The number of carbonyl (C=O) groups excluding carboxylic acids is 1. The zero-order chi connectivity index (χ0) is 34.5. The van der Waals surface area contributed by atoms with Crippen molar-refractivity contribution in [2.24, 2.45) is 5.92 Å². The van der Waals surface area contributed by atoms with Gasteiger partial charge >= 0.3 is 30.7 Å². The highest BCUT2D eigenvalue weighted by molar-refractivity contribution is 6.03. The number of carbonyl (C=O) groups is 2. The molecule has 0 bridgehead atoms. The maximum absolute atomic E-state index is 13.2. The molecule has 0 saturated heterocycles. The van der Waals surface area contributed by atoms with Crippen LogP contribution in [0.2, 0.25) is 0 Å². The Morgan fingerprint density at radius 2 is 1.18 bits per heavy atom. The van der Waals surface area contributed by atoms with Crippen LogP contribution in [-0.4, -0.2) is 49.3 Å². The molecule has 0 unspecified atom stereocenters. The van der Waals surface area contributed by atoms with Crippen molar-refractivity contribution in [1.29, 1.82) is 0 Å². The lowest BCUT2D eigenvalue weighted by Crippen LogP contribution is -2.35. The molecule has 45 heavy (non-hydrogen) atoms. The predicted molar refractivity (Wildman–Crippen MR) is 129 cm³/mol. The largest absolute Gasteiger partial charge is 0.476 e. The van der Waals surface area contributed by atoms with Crippen LogP contribution in [0.25, 0.3) is 0 Å². The Morgan fingerprint density at radius 1 is 0.733 bits per heavy atom. The van der Waals surface area contributed by atoms with Gasteiger partial charge in [-0.2, -0.15) is 52.7 Å². The molecule has 0 aliphatic rings. The van der Waals surface area contributed by atoms with Crippen molar-refractivity contribution in [3.63, 3.8) is 0 Å². The van der Waals surface area contributed by atoms with Crippen molar-refractivity contribution in [2.45, 2.75) is 50.9 Å². The van der Waals surface area contributed by atoms with Crippen molar-refractivity contribution in [1.82, 2.24) is 19.9 Å². The molecule has 2 N–H and O–H groups in total. The van der Waals surface area contributed by atoms with E-state index in [2.05, 4.69) is 19.9 Å². The summed E-state index contributed by atoms with van der Waals surface area (Å²) < 4.78 is 154. The Balaban J connectivity index is 0.000000452. The van der Waals surface area contributed by atoms with E-state index in [1.54, 1.807) is 13.8 Å². The molecular formula is C25H19F12N5O3. The van der Waals surface area contributed by atoms with Crippen LogP contribution in [0.3, 0.4) is 0 Å². The molecule has 1 amide bonds. The van der Waals surface area contributed by atoms with Gasteiger partial charge in [0.1, 0.15) is 0 Å². The number of carboxylic acids is 1. The molecule has 2 aromatic heterocycles. The average molecular weight is 665 g/mol. The van der Waals surface area contributed by atoms with Crippen LogP contribution in [0.5, 0.6) is 0 Å². The van der Waals surface area contributed by atoms with E-state index in [0.29, 0.717) is 12.3 Å². The highest BCUT2D eigenvalue weighted by Gasteiger charge is 2.58. The second kappa shape index (κ2) is 13.6. The highest BCUT2D eigenvalue weighted by Crippen LogP contribution is 2.48. The highest BCUT2D eigenvalue weighted by atomic mass is 19.4. The van der Waals surface area contributed by atoms with Crippen LogP contribution in [0.4, 0.5) is 58.4 Å². The van der Waals surface area contributed by atoms with Crippen molar-refractivity contribution in [3.05, 3.63) is 76.9 Å². The second-order valence-electron chi connectivity index (χ2n) is 9.29. The molecule has 3 rings (SSSR count). The Kier molecular flexibility index (Phi) is 11.1. The van der Waals surface area contributed by atoms with Crippen LogP contribution in [0, 0.1) is 5.92 Å². The molecule has 1 aromatic carbocycles. The van der Waals surface area contributed by atoms with Gasteiger partial charge in [-0.05, 0) is 35.6 Å². The number of rotatable bonds is 6. The van der Waals surface area contributed by atoms with Crippen molar-refractivity contribution < 1.29 is 67.4 Å². The minimum atomic E-state index is -5.63. The Hall–Kier alpha value is -4.52. The first-order chi connectivity index (χ1) is 20.4. The normalized spacial score (nSPS) is 12.5. The summed E-state index contributed by atoms with van der Waals surface area (Å²) in [4.78, 5) is 34.9. The number of nitrogens with zero attached hydrogens (tertiary/aromatic N) is 4. The summed E-state index contributed by atoms with van der Waals surface area (Å²) in [6.45, 7) is 3.11. The summed E-state index contributed by atoms with van der Waals surface area (Å²) in [5, 5.41) is 10.4. The smallest absolute Gasteiger partial charge is 0.435 e. The fourth-order valence-corrected chi connectivity index (χ4v) is 3.72. The third kappa shape index (κ3) is 10.00. The molecule has 0 aliphatic carbocycles. The van der Waals surface area contributed by atoms with Gasteiger partial charge in [-0.3, -0.25) is 4.79 Å². The van der Waals surface area contributed by atoms with Gasteiger partial charge in [0.25, 0.3) is 5.91 Å². The number of amides is 1. The number of aromatic carboxylic acids is 1. The van der Waals surface area contributed by atoms with Crippen molar-refractivity contribution in [3.8, 4) is 0 Å². The number of aromatic nitrogens is 4. The molecule has 0 radical (unpaired) electrons. The third-order valence-corrected chi connectivity index (χ3v) is 5.35. The first-order valence-electron chi connectivity index (χ1n) is 12.0. The molecule has 0 fully saturated rings. The molecule has 0 aliphatic heterocycles. The van der Waals surface area contributed by atoms with Gasteiger partial charge in [0, 0.05) is 30.5 Å². The first-order valence-corrected chi connectivity index (χ1v) is 12.0. The molecule has 0 saturated carbocycles. The maximum Gasteiger partial charge on any atom is 0.435 e. The second-order valence-corrected chi connectivity index (χ2v) is 9.29. The number of carboxylic acid groups (broad SMARTS) is 1. The minimum Gasteiger partial charge on any atom is -0.476 e. The first kappa shape index (κ1) is 36.7. The molecule has 246 valence electrons. The minimum absolute atomic E-state index is 0.208. The van der Waals surface area contributed by atoms with E-state index >= 15 is 0 Å². The third-order valence-electron chi connectivity index (χ3n) is 5.35. The monoisotopic (exact) mass is 665 g/mol. The van der Waals surface area contributed by atoms with E-state index in [4.69, 9.17) is 5.11 Å². The van der Waals surface area contributed by atoms with Gasteiger partial charge in [-0.25, -0.2) is 24.7 Å². The molecule has 2 heterocycles. The SMILES string of the molecule is CC(C)Cc1cc(NC(=O)c2nccnc2C(F)(F)F)ccc1C(C(F)(F)F)C(F)(F)F.O=C(O)c1nccnc1C(F)(F)F. The summed E-state index contributed by atoms with van der Waals surface area (Å²) in [6.07, 6.45) is -18.1. The summed E-state index contributed by atoms with van der Waals surface area (Å²) in [5.41, 5.74) is -6.96. The standard InChI is InChI=1S/C19H16F9N3O.C6H3F3N2O2/c1-9(2)7-10-8-11(3-4-12(10)14(17(20,21)22)18(23,24)25)31-16(32)13-15(19(26,27)28)30-6-5-29-13;7-6(8,9)4-3(5(12)13)10-1-2-11-4/h3-6,8-9,14H,7H2,1-2H3,(H,31,32);1-2H,(H,12,13). The van der Waals surface area contributed by atoms with Crippen LogP contribution in [-0.2, 0) is 18.8 Å². The summed E-state index contributed by atoms with van der Waals surface area (Å²) in [5.74, 6) is -7.25. The van der Waals surface area contributed by atoms with Crippen LogP contribution < -0.4 is 5.32 Å². The lowest BCUT2D eigenvalue weighted by Gasteiger charge is -2.26. The predicted octanol–water partition coefficient (Wildman–Crippen LogP) is 7.35. The van der Waals surface area contributed by atoms with Crippen LogP contribution >= 0.6 is 0 Å². The van der Waals surface area contributed by atoms with E-state index in [0.717, 1.165) is 30.7 Å². The summed E-state index contributed by atoms with van der Waals surface area (Å²) in [7, 11) is 0. The Labute approximate surface area is 244 Å². The quantitative estimate of drug-likeness (QED) is 0.265. The van der Waals surface area contributed by atoms with Crippen molar-refractivity contribution >= 4 is 17.6 Å². The zero-order valence-corrected chi connectivity index (χ0v) is 22.5. The number of hydrogen-bond acceptors (Lipinski definition) is 6. The van der Waals surface area contributed by atoms with E-state index in [9.17, 15) is 62.3 Å². The van der Waals surface area contributed by atoms with Crippen LogP contribution in [0.15, 0.2) is 43.0 Å². The van der Waals surface area contributed by atoms with Gasteiger partial charge in [-0.1, -0.05) is 19.9 Å². The number of hydrogen-bond donors (Lipinski definition) is 2. The molecule has 8 nitrogen and oxygen atoms in total. The number of nitrogens with one attached hydrogen (secondary N) is 1. The summed E-state index contributed by atoms with van der Waals surface area (Å²) in [6, 6.07) is 2.19. The lowest BCUT2D eigenvalue weighted by atomic mass is 9.88. The van der Waals surface area contributed by atoms with E-state index in [1.807, 2.05) is 5.32 Å². The van der Waals surface area contributed by atoms with Gasteiger partial charge in [-0.15, -0.1) is 0 Å². The molecule has 0 atom stereocenters. The summed E-state index contributed by atoms with van der Waals surface area (Å²) >= 11 is 0. The van der Waals surface area contributed by atoms with Gasteiger partial charge < -0.3 is 10.4 Å². The Bertz CT molecular complexity index is 1490. The topological polar surface area (TPSA) is 118 Å². The number of halogens is 12. The van der Waals surface area contributed by atoms with Crippen LogP contribution in [0.1, 0.15) is 63.3 Å². The molecule has 0 spiro atoms. The van der Waals surface area contributed by atoms with Crippen molar-refractivity contribution in [2.75, 3.05) is 5.32 Å². The van der Waals surface area contributed by atoms with E-state index in [-0.39, 0.29) is 23.6 Å². The maximum atomic E-state index is 13.2. The lowest BCUT2D eigenvalue weighted by molar-refractivity contribution is -0.253. The Morgan fingerprint density at radius 3 is 1.58 bits per heavy atom. The molecular weight excluding hydrogens is 646 g/mol. The van der Waals surface area contributed by atoms with Gasteiger partial charge in [0.05, 0.1) is 0 Å². The molecule has 20 heteroatoms. The van der Waals surface area contributed by atoms with E-state index < -0.39 is 70.8 Å². The fourth-order valence-electron chi connectivity index (χ4n) is 3.72. The van der Waals surface area contributed by atoms with E-state index in [1.165, 1.54) is 0 Å².